The predicted octanol–water partition coefficient (Wildman–Crippen LogP) is 0.528. The third-order valence-corrected chi connectivity index (χ3v) is 4.52. The van der Waals surface area contributed by atoms with Crippen LogP contribution in [0.15, 0.2) is 12.5 Å². The minimum atomic E-state index is -1.13. The Hall–Kier alpha value is -1.40. The van der Waals surface area contributed by atoms with Crippen LogP contribution in [0, 0.1) is 0 Å². The van der Waals surface area contributed by atoms with Crippen molar-refractivity contribution in [3.05, 3.63) is 18.2 Å². The fourth-order valence-electron chi connectivity index (χ4n) is 3.37. The molecule has 2 N–H and O–H groups in total. The SMILES string of the molecule is CC1CN2CCCCC2CN1C(=O)C(O)c1cnc[nH]1. The Labute approximate surface area is 118 Å². The Morgan fingerprint density at radius 3 is 3.10 bits per heavy atom. The molecule has 2 aliphatic rings. The van der Waals surface area contributed by atoms with Crippen LogP contribution in [0.25, 0.3) is 0 Å². The number of piperazine rings is 1. The monoisotopic (exact) mass is 278 g/mol. The van der Waals surface area contributed by atoms with E-state index in [1.807, 2.05) is 4.90 Å². The summed E-state index contributed by atoms with van der Waals surface area (Å²) in [6.07, 6.45) is 5.50. The first-order chi connectivity index (χ1) is 9.66. The first-order valence-corrected chi connectivity index (χ1v) is 7.37. The van der Waals surface area contributed by atoms with Crippen molar-refractivity contribution in [2.75, 3.05) is 19.6 Å². The molecule has 6 heteroatoms. The van der Waals surface area contributed by atoms with E-state index in [1.165, 1.54) is 25.4 Å². The summed E-state index contributed by atoms with van der Waals surface area (Å²) in [6.45, 7) is 4.83. The smallest absolute Gasteiger partial charge is 0.257 e. The number of hydrogen-bond acceptors (Lipinski definition) is 4. The molecule has 110 valence electrons. The number of nitrogens with one attached hydrogen (secondary N) is 1. The number of hydrogen-bond donors (Lipinski definition) is 2. The van der Waals surface area contributed by atoms with Gasteiger partial charge in [-0.15, -0.1) is 0 Å². The van der Waals surface area contributed by atoms with E-state index in [0.717, 1.165) is 26.1 Å². The van der Waals surface area contributed by atoms with Crippen LogP contribution in [0.3, 0.4) is 0 Å². The lowest BCUT2D eigenvalue weighted by Gasteiger charge is -2.47. The third-order valence-electron chi connectivity index (χ3n) is 4.52. The molecule has 1 aromatic rings. The Balaban J connectivity index is 1.71. The number of carbonyl (C=O) groups excluding carboxylic acids is 1. The predicted molar refractivity (Wildman–Crippen MR) is 73.9 cm³/mol. The Bertz CT molecular complexity index is 462. The molecule has 2 saturated heterocycles. The molecule has 0 bridgehead atoms. The van der Waals surface area contributed by atoms with Crippen LogP contribution in [-0.2, 0) is 4.79 Å². The van der Waals surface area contributed by atoms with Crippen LogP contribution >= 0.6 is 0 Å². The highest BCUT2D eigenvalue weighted by atomic mass is 16.3. The van der Waals surface area contributed by atoms with Gasteiger partial charge in [-0.3, -0.25) is 9.69 Å². The molecular formula is C14H22N4O2. The van der Waals surface area contributed by atoms with Gasteiger partial charge in [-0.05, 0) is 26.3 Å². The lowest BCUT2D eigenvalue weighted by atomic mass is 9.96. The summed E-state index contributed by atoms with van der Waals surface area (Å²) in [5, 5.41) is 10.2. The summed E-state index contributed by atoms with van der Waals surface area (Å²) in [5.41, 5.74) is 0.466. The fraction of sp³-hybridized carbons (Fsp3) is 0.714. The molecule has 0 aliphatic carbocycles. The van der Waals surface area contributed by atoms with Crippen LogP contribution in [0.2, 0.25) is 0 Å². The number of rotatable bonds is 2. The molecular weight excluding hydrogens is 256 g/mol. The van der Waals surface area contributed by atoms with Crippen LogP contribution in [-0.4, -0.2) is 62.5 Å². The van der Waals surface area contributed by atoms with Crippen molar-refractivity contribution in [3.8, 4) is 0 Å². The number of aromatic nitrogens is 2. The Kier molecular flexibility index (Phi) is 3.76. The number of carbonyl (C=O) groups is 1. The van der Waals surface area contributed by atoms with E-state index in [2.05, 4.69) is 21.8 Å². The second kappa shape index (κ2) is 5.54. The standard InChI is InChI=1S/C14H22N4O2/c1-10-7-17-5-3-2-4-11(17)8-18(10)14(20)13(19)12-6-15-9-16-12/h6,9-11,13,19H,2-5,7-8H2,1H3,(H,15,16). The molecule has 0 saturated carbocycles. The van der Waals surface area contributed by atoms with Crippen molar-refractivity contribution in [1.82, 2.24) is 19.8 Å². The summed E-state index contributed by atoms with van der Waals surface area (Å²) in [4.78, 5) is 23.5. The van der Waals surface area contributed by atoms with Gasteiger partial charge in [0.2, 0.25) is 0 Å². The van der Waals surface area contributed by atoms with Crippen molar-refractivity contribution >= 4 is 5.91 Å². The molecule has 2 aliphatic heterocycles. The lowest BCUT2D eigenvalue weighted by molar-refractivity contribution is -0.147. The number of aromatic amines is 1. The largest absolute Gasteiger partial charge is 0.377 e. The van der Waals surface area contributed by atoms with Gasteiger partial charge in [0.15, 0.2) is 6.10 Å². The van der Waals surface area contributed by atoms with E-state index in [1.54, 1.807) is 0 Å². The number of fused-ring (bicyclic) bond motifs is 1. The van der Waals surface area contributed by atoms with Crippen molar-refractivity contribution in [2.24, 2.45) is 0 Å². The van der Waals surface area contributed by atoms with E-state index in [-0.39, 0.29) is 11.9 Å². The maximum Gasteiger partial charge on any atom is 0.257 e. The molecule has 3 unspecified atom stereocenters. The zero-order valence-corrected chi connectivity index (χ0v) is 11.8. The van der Waals surface area contributed by atoms with Gasteiger partial charge in [0, 0.05) is 25.2 Å². The Morgan fingerprint density at radius 1 is 1.50 bits per heavy atom. The fourth-order valence-corrected chi connectivity index (χ4v) is 3.37. The molecule has 3 heterocycles. The molecule has 20 heavy (non-hydrogen) atoms. The highest BCUT2D eigenvalue weighted by Crippen LogP contribution is 2.26. The van der Waals surface area contributed by atoms with E-state index >= 15 is 0 Å². The Morgan fingerprint density at radius 2 is 2.35 bits per heavy atom. The van der Waals surface area contributed by atoms with Gasteiger partial charge in [-0.2, -0.15) is 0 Å². The quantitative estimate of drug-likeness (QED) is 0.827. The highest BCUT2D eigenvalue weighted by molar-refractivity contribution is 5.82. The molecule has 0 radical (unpaired) electrons. The van der Waals surface area contributed by atoms with Crippen molar-refractivity contribution in [1.29, 1.82) is 0 Å². The minimum absolute atomic E-state index is 0.148. The second-order valence-electron chi connectivity index (χ2n) is 5.89. The molecule has 1 amide bonds. The number of piperidine rings is 1. The van der Waals surface area contributed by atoms with Crippen molar-refractivity contribution < 1.29 is 9.90 Å². The van der Waals surface area contributed by atoms with E-state index in [9.17, 15) is 9.90 Å². The van der Waals surface area contributed by atoms with Gasteiger partial charge in [0.05, 0.1) is 18.2 Å². The van der Waals surface area contributed by atoms with E-state index < -0.39 is 6.10 Å². The van der Waals surface area contributed by atoms with Crippen LogP contribution in [0.5, 0.6) is 0 Å². The molecule has 0 aromatic carbocycles. The molecule has 0 spiro atoms. The average molecular weight is 278 g/mol. The number of H-pyrrole nitrogens is 1. The summed E-state index contributed by atoms with van der Waals surface area (Å²) in [5.74, 6) is -0.216. The number of nitrogens with zero attached hydrogens (tertiary/aromatic N) is 3. The number of imidazole rings is 1. The average Bonchev–Trinajstić information content (AvgIpc) is 2.99. The molecule has 1 aromatic heterocycles. The molecule has 3 rings (SSSR count). The summed E-state index contributed by atoms with van der Waals surface area (Å²) >= 11 is 0. The van der Waals surface area contributed by atoms with Crippen molar-refractivity contribution in [2.45, 2.75) is 44.4 Å². The van der Waals surface area contributed by atoms with Gasteiger partial charge >= 0.3 is 0 Å². The van der Waals surface area contributed by atoms with Gasteiger partial charge in [-0.1, -0.05) is 6.42 Å². The molecule has 3 atom stereocenters. The van der Waals surface area contributed by atoms with Crippen LogP contribution in [0.1, 0.15) is 38.0 Å². The summed E-state index contributed by atoms with van der Waals surface area (Å²) in [7, 11) is 0. The minimum Gasteiger partial charge on any atom is -0.377 e. The van der Waals surface area contributed by atoms with Gasteiger partial charge in [0.1, 0.15) is 0 Å². The van der Waals surface area contributed by atoms with Crippen molar-refractivity contribution in [3.63, 3.8) is 0 Å². The summed E-state index contributed by atoms with van der Waals surface area (Å²) in [6, 6.07) is 0.604. The number of amides is 1. The van der Waals surface area contributed by atoms with E-state index in [4.69, 9.17) is 0 Å². The molecule has 6 nitrogen and oxygen atoms in total. The number of aliphatic hydroxyl groups excluding tert-OH is 1. The van der Waals surface area contributed by atoms with Crippen LogP contribution in [0.4, 0.5) is 0 Å². The second-order valence-corrected chi connectivity index (χ2v) is 5.89. The highest BCUT2D eigenvalue weighted by Gasteiger charge is 2.37. The van der Waals surface area contributed by atoms with Gasteiger partial charge in [0.25, 0.3) is 5.91 Å². The maximum atomic E-state index is 12.5. The zero-order valence-electron chi connectivity index (χ0n) is 11.8. The van der Waals surface area contributed by atoms with Crippen LogP contribution < -0.4 is 0 Å². The first-order valence-electron chi connectivity index (χ1n) is 7.37. The van der Waals surface area contributed by atoms with E-state index in [0.29, 0.717) is 11.7 Å². The first kappa shape index (κ1) is 13.6. The zero-order chi connectivity index (χ0) is 14.1. The third kappa shape index (κ3) is 2.45. The normalized spacial score (nSPS) is 29.0. The molecule has 2 fully saturated rings. The lowest BCUT2D eigenvalue weighted by Crippen LogP contribution is -2.60. The van der Waals surface area contributed by atoms with Gasteiger partial charge in [-0.25, -0.2) is 4.98 Å². The summed E-state index contributed by atoms with van der Waals surface area (Å²) < 4.78 is 0. The maximum absolute atomic E-state index is 12.5. The van der Waals surface area contributed by atoms with Gasteiger partial charge < -0.3 is 15.0 Å². The topological polar surface area (TPSA) is 72.5 Å². The number of aliphatic hydroxyl groups is 1.